The van der Waals surface area contributed by atoms with E-state index in [4.69, 9.17) is 0 Å². The number of rotatable bonds is 1. The van der Waals surface area contributed by atoms with Crippen LogP contribution in [0.5, 0.6) is 5.75 Å². The van der Waals surface area contributed by atoms with Gasteiger partial charge < -0.3 is 10.0 Å². The first-order chi connectivity index (χ1) is 10.0. The number of hydrogen-bond acceptors (Lipinski definition) is 2. The molecule has 2 aromatic carbocycles. The van der Waals surface area contributed by atoms with Crippen molar-refractivity contribution in [3.63, 3.8) is 0 Å². The fraction of sp³-hybridized carbons (Fsp3) is 0.235. The Kier molecular flexibility index (Phi) is 3.72. The molecule has 1 aliphatic heterocycles. The maximum absolute atomic E-state index is 12.6. The van der Waals surface area contributed by atoms with E-state index in [2.05, 4.69) is 15.9 Å². The fourth-order valence-corrected chi connectivity index (χ4v) is 3.37. The number of phenols is 1. The average molecular weight is 346 g/mol. The molecule has 1 heterocycles. The third-order valence-corrected chi connectivity index (χ3v) is 4.24. The van der Waals surface area contributed by atoms with Crippen LogP contribution in [0, 0.1) is 6.92 Å². The predicted octanol–water partition coefficient (Wildman–Crippen LogP) is 3.66. The molecule has 1 N–H and O–H groups in total. The van der Waals surface area contributed by atoms with Crippen molar-refractivity contribution < 1.29 is 9.90 Å². The highest BCUT2D eigenvalue weighted by molar-refractivity contribution is 9.10. The van der Waals surface area contributed by atoms with Crippen LogP contribution in [0.1, 0.15) is 27.0 Å². The Bertz CT molecular complexity index is 692. The van der Waals surface area contributed by atoms with Crippen LogP contribution >= 0.6 is 15.9 Å². The van der Waals surface area contributed by atoms with Gasteiger partial charge in [0.15, 0.2) is 0 Å². The van der Waals surface area contributed by atoms with Gasteiger partial charge in [0.2, 0.25) is 0 Å². The van der Waals surface area contributed by atoms with Crippen LogP contribution in [-0.2, 0) is 13.0 Å². The van der Waals surface area contributed by atoms with Crippen molar-refractivity contribution in [3.05, 3.63) is 63.1 Å². The standard InChI is InChI=1S/C17H16BrNO2/c1-11-6-13(8-15(18)7-11)17(21)19-5-4-12-2-3-16(20)9-14(12)10-19/h2-3,6-9,20H,4-5,10H2,1H3. The van der Waals surface area contributed by atoms with Crippen LogP contribution in [-0.4, -0.2) is 22.5 Å². The Hall–Kier alpha value is -1.81. The number of amides is 1. The van der Waals surface area contributed by atoms with Gasteiger partial charge in [-0.15, -0.1) is 0 Å². The number of phenolic OH excluding ortho intramolecular Hbond substituents is 1. The monoisotopic (exact) mass is 345 g/mol. The SMILES string of the molecule is Cc1cc(Br)cc(C(=O)N2CCc3ccc(O)cc3C2)c1. The van der Waals surface area contributed by atoms with Crippen LogP contribution in [0.4, 0.5) is 0 Å². The summed E-state index contributed by atoms with van der Waals surface area (Å²) in [5, 5.41) is 9.59. The summed E-state index contributed by atoms with van der Waals surface area (Å²) in [7, 11) is 0. The summed E-state index contributed by atoms with van der Waals surface area (Å²) in [6.45, 7) is 3.24. The molecule has 0 bridgehead atoms. The summed E-state index contributed by atoms with van der Waals surface area (Å²) in [4.78, 5) is 14.5. The molecule has 1 amide bonds. The number of hydrogen-bond donors (Lipinski definition) is 1. The molecule has 0 aliphatic carbocycles. The molecule has 3 nitrogen and oxygen atoms in total. The summed E-state index contributed by atoms with van der Waals surface area (Å²) in [5.41, 5.74) is 4.00. The zero-order chi connectivity index (χ0) is 15.0. The molecule has 2 aromatic rings. The van der Waals surface area contributed by atoms with E-state index in [1.165, 1.54) is 5.56 Å². The van der Waals surface area contributed by atoms with Crippen molar-refractivity contribution in [3.8, 4) is 5.75 Å². The molecule has 0 spiro atoms. The number of nitrogens with zero attached hydrogens (tertiary/aromatic N) is 1. The van der Waals surface area contributed by atoms with Crippen molar-refractivity contribution in [1.82, 2.24) is 4.90 Å². The first-order valence-electron chi connectivity index (χ1n) is 6.90. The lowest BCUT2D eigenvalue weighted by atomic mass is 9.98. The molecule has 0 unspecified atom stereocenters. The van der Waals surface area contributed by atoms with E-state index in [0.29, 0.717) is 18.7 Å². The first kappa shape index (κ1) is 14.1. The van der Waals surface area contributed by atoms with Crippen LogP contribution in [0.3, 0.4) is 0 Å². The Morgan fingerprint density at radius 1 is 1.19 bits per heavy atom. The minimum Gasteiger partial charge on any atom is -0.508 e. The highest BCUT2D eigenvalue weighted by atomic mass is 79.9. The maximum Gasteiger partial charge on any atom is 0.254 e. The van der Waals surface area contributed by atoms with Crippen LogP contribution in [0.2, 0.25) is 0 Å². The summed E-state index contributed by atoms with van der Waals surface area (Å²) in [6.07, 6.45) is 0.828. The Labute approximate surface area is 132 Å². The van der Waals surface area contributed by atoms with Crippen LogP contribution < -0.4 is 0 Å². The van der Waals surface area contributed by atoms with Crippen LogP contribution in [0.25, 0.3) is 0 Å². The number of aryl methyl sites for hydroxylation is 1. The number of carbonyl (C=O) groups is 1. The normalized spacial score (nSPS) is 13.9. The van der Waals surface area contributed by atoms with E-state index < -0.39 is 0 Å². The summed E-state index contributed by atoms with van der Waals surface area (Å²) in [5.74, 6) is 0.287. The largest absolute Gasteiger partial charge is 0.508 e. The van der Waals surface area contributed by atoms with E-state index in [-0.39, 0.29) is 11.7 Å². The lowest BCUT2D eigenvalue weighted by Crippen LogP contribution is -2.35. The van der Waals surface area contributed by atoms with E-state index in [1.54, 1.807) is 12.1 Å². The minimum atomic E-state index is 0.0355. The lowest BCUT2D eigenvalue weighted by Gasteiger charge is -2.29. The molecule has 0 saturated carbocycles. The van der Waals surface area contributed by atoms with E-state index in [0.717, 1.165) is 22.0 Å². The molecule has 108 valence electrons. The van der Waals surface area contributed by atoms with Gasteiger partial charge in [0.05, 0.1) is 0 Å². The van der Waals surface area contributed by atoms with Gasteiger partial charge in [-0.1, -0.05) is 22.0 Å². The molecule has 0 fully saturated rings. The molecule has 1 aliphatic rings. The molecule has 3 rings (SSSR count). The topological polar surface area (TPSA) is 40.5 Å². The molecule has 0 aromatic heterocycles. The summed E-state index contributed by atoms with van der Waals surface area (Å²) >= 11 is 3.44. The quantitative estimate of drug-likeness (QED) is 0.856. The fourth-order valence-electron chi connectivity index (χ4n) is 2.76. The molecular formula is C17H16BrNO2. The third kappa shape index (κ3) is 2.95. The number of benzene rings is 2. The van der Waals surface area contributed by atoms with E-state index >= 15 is 0 Å². The van der Waals surface area contributed by atoms with Gasteiger partial charge in [-0.3, -0.25) is 4.79 Å². The third-order valence-electron chi connectivity index (χ3n) is 3.78. The molecule has 21 heavy (non-hydrogen) atoms. The van der Waals surface area contributed by atoms with Gasteiger partial charge >= 0.3 is 0 Å². The number of carbonyl (C=O) groups excluding carboxylic acids is 1. The molecule has 4 heteroatoms. The van der Waals surface area contributed by atoms with Gasteiger partial charge in [0.25, 0.3) is 5.91 Å². The van der Waals surface area contributed by atoms with Gasteiger partial charge in [0, 0.05) is 23.1 Å². The second-order valence-corrected chi connectivity index (χ2v) is 6.36. The highest BCUT2D eigenvalue weighted by Gasteiger charge is 2.22. The van der Waals surface area contributed by atoms with Crippen molar-refractivity contribution in [2.24, 2.45) is 0 Å². The number of fused-ring (bicyclic) bond motifs is 1. The smallest absolute Gasteiger partial charge is 0.254 e. The minimum absolute atomic E-state index is 0.0355. The van der Waals surface area contributed by atoms with E-state index in [1.807, 2.05) is 36.1 Å². The van der Waals surface area contributed by atoms with Gasteiger partial charge in [-0.2, -0.15) is 0 Å². The Morgan fingerprint density at radius 2 is 2.00 bits per heavy atom. The first-order valence-corrected chi connectivity index (χ1v) is 7.69. The summed E-state index contributed by atoms with van der Waals surface area (Å²) < 4.78 is 0.918. The van der Waals surface area contributed by atoms with Crippen molar-refractivity contribution in [2.45, 2.75) is 19.9 Å². The zero-order valence-electron chi connectivity index (χ0n) is 11.8. The lowest BCUT2D eigenvalue weighted by molar-refractivity contribution is 0.0734. The number of aromatic hydroxyl groups is 1. The van der Waals surface area contributed by atoms with Gasteiger partial charge in [-0.05, 0) is 60.4 Å². The highest BCUT2D eigenvalue weighted by Crippen LogP contribution is 2.25. The van der Waals surface area contributed by atoms with Crippen molar-refractivity contribution >= 4 is 21.8 Å². The maximum atomic E-state index is 12.6. The van der Waals surface area contributed by atoms with Crippen LogP contribution in [0.15, 0.2) is 40.9 Å². The van der Waals surface area contributed by atoms with E-state index in [9.17, 15) is 9.90 Å². The Balaban J connectivity index is 1.86. The second-order valence-electron chi connectivity index (χ2n) is 5.45. The molecular weight excluding hydrogens is 330 g/mol. The molecule has 0 radical (unpaired) electrons. The Morgan fingerprint density at radius 3 is 2.76 bits per heavy atom. The second kappa shape index (κ2) is 5.53. The van der Waals surface area contributed by atoms with Gasteiger partial charge in [-0.25, -0.2) is 0 Å². The van der Waals surface area contributed by atoms with Gasteiger partial charge in [0.1, 0.15) is 5.75 Å². The van der Waals surface area contributed by atoms with Crippen molar-refractivity contribution in [1.29, 1.82) is 0 Å². The average Bonchev–Trinajstić information content (AvgIpc) is 2.44. The molecule has 0 saturated heterocycles. The molecule has 0 atom stereocenters. The zero-order valence-corrected chi connectivity index (χ0v) is 13.4. The predicted molar refractivity (Wildman–Crippen MR) is 85.4 cm³/mol. The van der Waals surface area contributed by atoms with Crippen molar-refractivity contribution in [2.75, 3.05) is 6.54 Å². The number of halogens is 1. The summed E-state index contributed by atoms with van der Waals surface area (Å²) in [6, 6.07) is 11.1.